The molecule has 1 aliphatic rings. The lowest BCUT2D eigenvalue weighted by atomic mass is 9.97. The molecule has 0 saturated carbocycles. The highest BCUT2D eigenvalue weighted by Gasteiger charge is 2.21. The molecular weight excluding hydrogens is 244 g/mol. The van der Waals surface area contributed by atoms with Crippen molar-refractivity contribution in [3.8, 4) is 0 Å². The highest BCUT2D eigenvalue weighted by molar-refractivity contribution is 5.88. The van der Waals surface area contributed by atoms with Crippen molar-refractivity contribution in [2.24, 2.45) is 0 Å². The van der Waals surface area contributed by atoms with Gasteiger partial charge in [-0.1, -0.05) is 6.07 Å². The van der Waals surface area contributed by atoms with E-state index in [9.17, 15) is 9.59 Å². The Morgan fingerprint density at radius 3 is 2.84 bits per heavy atom. The molecule has 0 atom stereocenters. The molecule has 0 unspecified atom stereocenters. The summed E-state index contributed by atoms with van der Waals surface area (Å²) >= 11 is 0. The zero-order valence-electron chi connectivity index (χ0n) is 11.0. The second kappa shape index (κ2) is 5.84. The summed E-state index contributed by atoms with van der Waals surface area (Å²) in [4.78, 5) is 24.7. The van der Waals surface area contributed by atoms with Gasteiger partial charge >= 0.3 is 5.97 Å². The smallest absolute Gasteiger partial charge is 0.335 e. The molecule has 0 fully saturated rings. The highest BCUT2D eigenvalue weighted by Crippen LogP contribution is 2.21. The number of carboxylic acid groups (broad SMARTS) is 1. The van der Waals surface area contributed by atoms with E-state index in [1.807, 2.05) is 13.1 Å². The monoisotopic (exact) mass is 262 g/mol. The summed E-state index contributed by atoms with van der Waals surface area (Å²) in [6.45, 7) is 1.89. The zero-order chi connectivity index (χ0) is 13.8. The molecule has 19 heavy (non-hydrogen) atoms. The van der Waals surface area contributed by atoms with Gasteiger partial charge in [0.05, 0.1) is 5.56 Å². The van der Waals surface area contributed by atoms with Crippen molar-refractivity contribution in [1.82, 2.24) is 10.2 Å². The van der Waals surface area contributed by atoms with Gasteiger partial charge in [-0.2, -0.15) is 0 Å². The summed E-state index contributed by atoms with van der Waals surface area (Å²) in [6, 6.07) is 5.16. The molecular formula is C14H18N2O3. The zero-order valence-corrected chi connectivity index (χ0v) is 11.0. The Hall–Kier alpha value is -1.88. The van der Waals surface area contributed by atoms with Crippen LogP contribution in [0.5, 0.6) is 0 Å². The Morgan fingerprint density at radius 2 is 2.16 bits per heavy atom. The molecule has 0 bridgehead atoms. The number of hydrogen-bond acceptors (Lipinski definition) is 3. The predicted octanol–water partition coefficient (Wildman–Crippen LogP) is 0.879. The van der Waals surface area contributed by atoms with Crippen molar-refractivity contribution in [1.29, 1.82) is 0 Å². The lowest BCUT2D eigenvalue weighted by Crippen LogP contribution is -2.37. The Morgan fingerprint density at radius 1 is 1.37 bits per heavy atom. The van der Waals surface area contributed by atoms with E-state index in [1.54, 1.807) is 17.0 Å². The normalized spacial score (nSPS) is 14.1. The summed E-state index contributed by atoms with van der Waals surface area (Å²) < 4.78 is 0. The summed E-state index contributed by atoms with van der Waals surface area (Å²) in [7, 11) is 1.82. The largest absolute Gasteiger partial charge is 0.478 e. The minimum absolute atomic E-state index is 0.112. The van der Waals surface area contributed by atoms with Crippen LogP contribution in [-0.2, 0) is 17.8 Å². The third-order valence-electron chi connectivity index (χ3n) is 3.41. The minimum Gasteiger partial charge on any atom is -0.478 e. The van der Waals surface area contributed by atoms with Crippen molar-refractivity contribution < 1.29 is 14.7 Å². The number of rotatable bonds is 4. The third-order valence-corrected chi connectivity index (χ3v) is 3.41. The fourth-order valence-corrected chi connectivity index (χ4v) is 2.29. The van der Waals surface area contributed by atoms with Crippen LogP contribution < -0.4 is 5.32 Å². The van der Waals surface area contributed by atoms with Crippen LogP contribution in [0.25, 0.3) is 0 Å². The Balaban J connectivity index is 2.11. The van der Waals surface area contributed by atoms with Gasteiger partial charge in [0.25, 0.3) is 0 Å². The quantitative estimate of drug-likeness (QED) is 0.845. The Kier molecular flexibility index (Phi) is 4.16. The van der Waals surface area contributed by atoms with Gasteiger partial charge in [0.2, 0.25) is 5.91 Å². The van der Waals surface area contributed by atoms with E-state index < -0.39 is 5.97 Å². The van der Waals surface area contributed by atoms with Crippen LogP contribution in [0.1, 0.15) is 27.9 Å². The molecule has 2 rings (SSSR count). The van der Waals surface area contributed by atoms with Crippen LogP contribution in [0.3, 0.4) is 0 Å². The van der Waals surface area contributed by atoms with Gasteiger partial charge in [-0.05, 0) is 36.7 Å². The van der Waals surface area contributed by atoms with Gasteiger partial charge in [0.1, 0.15) is 0 Å². The number of carbonyl (C=O) groups excluding carboxylic acids is 1. The molecule has 1 aromatic rings. The number of carbonyl (C=O) groups is 2. The number of benzene rings is 1. The first-order valence-electron chi connectivity index (χ1n) is 6.39. The average molecular weight is 262 g/mol. The lowest BCUT2D eigenvalue weighted by Gasteiger charge is -2.29. The molecule has 102 valence electrons. The van der Waals surface area contributed by atoms with E-state index in [0.717, 1.165) is 17.5 Å². The van der Waals surface area contributed by atoms with Gasteiger partial charge in [-0.15, -0.1) is 0 Å². The second-order valence-electron chi connectivity index (χ2n) is 4.71. The Labute approximate surface area is 112 Å². The number of fused-ring (bicyclic) bond motifs is 1. The average Bonchev–Trinajstić information content (AvgIpc) is 2.43. The van der Waals surface area contributed by atoms with E-state index in [4.69, 9.17) is 5.11 Å². The van der Waals surface area contributed by atoms with Crippen molar-refractivity contribution >= 4 is 11.9 Å². The number of amides is 1. The van der Waals surface area contributed by atoms with E-state index in [-0.39, 0.29) is 11.5 Å². The molecule has 1 amide bonds. The van der Waals surface area contributed by atoms with Crippen molar-refractivity contribution in [2.75, 3.05) is 20.1 Å². The van der Waals surface area contributed by atoms with Gasteiger partial charge in [-0.25, -0.2) is 4.79 Å². The van der Waals surface area contributed by atoms with Crippen LogP contribution in [0, 0.1) is 0 Å². The van der Waals surface area contributed by atoms with Crippen LogP contribution >= 0.6 is 0 Å². The maximum absolute atomic E-state index is 12.0. The standard InChI is InChI=1S/C14H18N2O3/c1-15-6-4-13(17)16-7-5-10-2-3-11(14(18)19)8-12(10)9-16/h2-3,8,15H,4-7,9H2,1H3,(H,18,19). The van der Waals surface area contributed by atoms with Crippen molar-refractivity contribution in [2.45, 2.75) is 19.4 Å². The number of nitrogens with one attached hydrogen (secondary N) is 1. The first kappa shape index (κ1) is 13.5. The van der Waals surface area contributed by atoms with E-state index in [1.165, 1.54) is 0 Å². The molecule has 0 radical (unpaired) electrons. The molecule has 5 nitrogen and oxygen atoms in total. The molecule has 0 spiro atoms. The maximum atomic E-state index is 12.0. The molecule has 1 aliphatic heterocycles. The van der Waals surface area contributed by atoms with Crippen molar-refractivity contribution in [3.63, 3.8) is 0 Å². The number of carboxylic acids is 1. The van der Waals surface area contributed by atoms with E-state index in [2.05, 4.69) is 5.32 Å². The second-order valence-corrected chi connectivity index (χ2v) is 4.71. The summed E-state index contributed by atoms with van der Waals surface area (Å²) in [6.07, 6.45) is 1.27. The van der Waals surface area contributed by atoms with Gasteiger partial charge in [-0.3, -0.25) is 4.79 Å². The fourth-order valence-electron chi connectivity index (χ4n) is 2.29. The molecule has 5 heteroatoms. The summed E-state index contributed by atoms with van der Waals surface area (Å²) in [5.41, 5.74) is 2.37. The SMILES string of the molecule is CNCCC(=O)N1CCc2ccc(C(=O)O)cc2C1. The first-order valence-corrected chi connectivity index (χ1v) is 6.39. The van der Waals surface area contributed by atoms with E-state index >= 15 is 0 Å². The van der Waals surface area contributed by atoms with E-state index in [0.29, 0.717) is 26.1 Å². The highest BCUT2D eigenvalue weighted by atomic mass is 16.4. The minimum atomic E-state index is -0.929. The summed E-state index contributed by atoms with van der Waals surface area (Å²) in [5.74, 6) is -0.817. The third kappa shape index (κ3) is 3.12. The number of hydrogen-bond donors (Lipinski definition) is 2. The maximum Gasteiger partial charge on any atom is 0.335 e. The van der Waals surface area contributed by atoms with Crippen LogP contribution in [-0.4, -0.2) is 42.0 Å². The molecule has 1 aromatic carbocycles. The first-order chi connectivity index (χ1) is 9.11. The number of aromatic carboxylic acids is 1. The molecule has 0 aromatic heterocycles. The van der Waals surface area contributed by atoms with Crippen molar-refractivity contribution in [3.05, 3.63) is 34.9 Å². The lowest BCUT2D eigenvalue weighted by molar-refractivity contribution is -0.132. The molecule has 2 N–H and O–H groups in total. The fraction of sp³-hybridized carbons (Fsp3) is 0.429. The topological polar surface area (TPSA) is 69.6 Å². The van der Waals surface area contributed by atoms with Crippen LogP contribution in [0.2, 0.25) is 0 Å². The van der Waals surface area contributed by atoms with Crippen LogP contribution in [0.15, 0.2) is 18.2 Å². The molecule has 0 aliphatic carbocycles. The van der Waals surface area contributed by atoms with Gasteiger partial charge < -0.3 is 15.3 Å². The van der Waals surface area contributed by atoms with Gasteiger partial charge in [0, 0.05) is 26.1 Å². The van der Waals surface area contributed by atoms with Gasteiger partial charge in [0.15, 0.2) is 0 Å². The Bertz CT molecular complexity index is 499. The molecule has 0 saturated heterocycles. The summed E-state index contributed by atoms with van der Waals surface area (Å²) in [5, 5.41) is 11.9. The predicted molar refractivity (Wildman–Crippen MR) is 71.1 cm³/mol. The van der Waals surface area contributed by atoms with Crippen LogP contribution in [0.4, 0.5) is 0 Å². The molecule has 1 heterocycles. The number of nitrogens with zero attached hydrogens (tertiary/aromatic N) is 1.